The third-order valence-corrected chi connectivity index (χ3v) is 8.12. The summed E-state index contributed by atoms with van der Waals surface area (Å²) >= 11 is 1.24. The van der Waals surface area contributed by atoms with Crippen LogP contribution in [-0.4, -0.2) is 59.9 Å². The van der Waals surface area contributed by atoms with Gasteiger partial charge in [-0.3, -0.25) is 9.46 Å². The quantitative estimate of drug-likeness (QED) is 0.252. The molecule has 0 aliphatic carbocycles. The first kappa shape index (κ1) is 23.7. The molecule has 1 unspecified atom stereocenters. The van der Waals surface area contributed by atoms with Crippen LogP contribution in [0.15, 0.2) is 0 Å². The lowest BCUT2D eigenvalue weighted by Crippen LogP contribution is -2.29. The molecule has 0 bridgehead atoms. The smallest absolute Gasteiger partial charge is 0.195 e. The van der Waals surface area contributed by atoms with Crippen molar-refractivity contribution in [1.29, 1.82) is 0 Å². The number of carbonyl (C=O) groups excluding carboxylic acids is 1. The maximum Gasteiger partial charge on any atom is 0.195 e. The van der Waals surface area contributed by atoms with Crippen LogP contribution in [0.25, 0.3) is 0 Å². The van der Waals surface area contributed by atoms with E-state index in [0.29, 0.717) is 24.2 Å². The van der Waals surface area contributed by atoms with Crippen molar-refractivity contribution >= 4 is 33.8 Å². The van der Waals surface area contributed by atoms with Crippen LogP contribution in [-0.2, 0) is 18.8 Å². The molecule has 0 amide bonds. The van der Waals surface area contributed by atoms with Gasteiger partial charge in [0.2, 0.25) is 0 Å². The van der Waals surface area contributed by atoms with Crippen molar-refractivity contribution in [2.75, 3.05) is 38.0 Å². The Morgan fingerprint density at radius 2 is 1.70 bits per heavy atom. The van der Waals surface area contributed by atoms with Crippen LogP contribution in [0.3, 0.4) is 0 Å². The van der Waals surface area contributed by atoms with Gasteiger partial charge in [0.05, 0.1) is 8.96 Å². The Bertz CT molecular complexity index is 297. The van der Waals surface area contributed by atoms with Crippen LogP contribution in [0.5, 0.6) is 0 Å². The molecule has 23 heavy (non-hydrogen) atoms. The molecule has 0 aromatic heterocycles. The lowest BCUT2D eigenvalue weighted by atomic mass is 10.3. The Kier molecular flexibility index (Phi) is 15.5. The van der Waals surface area contributed by atoms with E-state index in [9.17, 15) is 4.79 Å². The summed E-state index contributed by atoms with van der Waals surface area (Å²) in [4.78, 5) is 11.7. The zero-order valence-electron chi connectivity index (χ0n) is 15.3. The van der Waals surface area contributed by atoms with Crippen LogP contribution < -0.4 is 0 Å². The van der Waals surface area contributed by atoms with Crippen molar-refractivity contribution in [3.8, 4) is 0 Å². The highest BCUT2D eigenvalue weighted by Crippen LogP contribution is 2.35. The molecule has 0 aliphatic heterocycles. The van der Waals surface area contributed by atoms with E-state index in [2.05, 4.69) is 46.2 Å². The fourth-order valence-electron chi connectivity index (χ4n) is 1.86. The first-order chi connectivity index (χ1) is 10.9. The highest BCUT2D eigenvalue weighted by Gasteiger charge is 2.13. The third kappa shape index (κ3) is 12.7. The lowest BCUT2D eigenvalue weighted by Gasteiger charge is -2.29. The average Bonchev–Trinajstić information content (AvgIpc) is 2.50. The summed E-state index contributed by atoms with van der Waals surface area (Å²) in [7, 11) is 0.158. The van der Waals surface area contributed by atoms with Gasteiger partial charge < -0.3 is 14.0 Å². The second-order valence-corrected chi connectivity index (χ2v) is 10.5. The molecular weight excluding hydrogens is 352 g/mol. The van der Waals surface area contributed by atoms with Gasteiger partial charge in [-0.25, -0.2) is 0 Å². The SMILES string of the molecule is CCP(CC)CC(=O)SCOCOCOPN(C(C)C)C(C)C. The minimum atomic E-state index is -0.126. The number of hydrogen-bond donors (Lipinski definition) is 0. The number of ether oxygens (including phenoxy) is 2. The van der Waals surface area contributed by atoms with Crippen molar-refractivity contribution < 1.29 is 18.8 Å². The first-order valence-electron chi connectivity index (χ1n) is 8.11. The molecule has 0 saturated heterocycles. The predicted octanol–water partition coefficient (Wildman–Crippen LogP) is 4.32. The normalized spacial score (nSPS) is 12.6. The second-order valence-electron chi connectivity index (χ2n) is 5.57. The van der Waals surface area contributed by atoms with Gasteiger partial charge in [-0.05, 0) is 40.0 Å². The topological polar surface area (TPSA) is 48.0 Å². The highest BCUT2D eigenvalue weighted by molar-refractivity contribution is 8.14. The van der Waals surface area contributed by atoms with Gasteiger partial charge >= 0.3 is 0 Å². The molecule has 0 fully saturated rings. The Morgan fingerprint density at radius 3 is 2.22 bits per heavy atom. The number of hydrogen-bond acceptors (Lipinski definition) is 6. The summed E-state index contributed by atoms with van der Waals surface area (Å²) in [5.41, 5.74) is 0. The van der Waals surface area contributed by atoms with Gasteiger partial charge in [0.15, 0.2) is 18.7 Å². The van der Waals surface area contributed by atoms with E-state index < -0.39 is 0 Å². The molecule has 0 heterocycles. The Labute approximate surface area is 149 Å². The molecule has 8 heteroatoms. The van der Waals surface area contributed by atoms with E-state index in [1.165, 1.54) is 11.8 Å². The summed E-state index contributed by atoms with van der Waals surface area (Å²) in [6.07, 6.45) is 2.93. The zero-order chi connectivity index (χ0) is 17.7. The Morgan fingerprint density at radius 1 is 1.09 bits per heavy atom. The van der Waals surface area contributed by atoms with Crippen molar-refractivity contribution in [2.24, 2.45) is 0 Å². The van der Waals surface area contributed by atoms with E-state index in [0.717, 1.165) is 12.3 Å². The van der Waals surface area contributed by atoms with Crippen molar-refractivity contribution in [3.05, 3.63) is 0 Å². The molecule has 0 N–H and O–H groups in total. The summed E-state index contributed by atoms with van der Waals surface area (Å²) in [5.74, 6) is 0.349. The minimum Gasteiger partial charge on any atom is -0.344 e. The van der Waals surface area contributed by atoms with E-state index >= 15 is 0 Å². The van der Waals surface area contributed by atoms with Crippen LogP contribution in [0.4, 0.5) is 0 Å². The Hall–Kier alpha value is 0.720. The monoisotopic (exact) mass is 385 g/mol. The van der Waals surface area contributed by atoms with Gasteiger partial charge in [-0.2, -0.15) is 0 Å². The van der Waals surface area contributed by atoms with E-state index in [1.807, 2.05) is 0 Å². The molecule has 1 atom stereocenters. The van der Waals surface area contributed by atoms with Gasteiger partial charge in [0.1, 0.15) is 5.94 Å². The number of rotatable bonds is 14. The Balaban J connectivity index is 3.54. The predicted molar refractivity (Wildman–Crippen MR) is 104 cm³/mol. The summed E-state index contributed by atoms with van der Waals surface area (Å²) in [5, 5.41) is 0.224. The van der Waals surface area contributed by atoms with E-state index in [-0.39, 0.29) is 35.6 Å². The number of thioether (sulfide) groups is 1. The van der Waals surface area contributed by atoms with Gasteiger partial charge in [-0.1, -0.05) is 33.5 Å². The maximum absolute atomic E-state index is 11.7. The molecule has 0 saturated carbocycles. The number of carbonyl (C=O) groups is 1. The molecular formula is C15H33NO4P2S. The summed E-state index contributed by atoms with van der Waals surface area (Å²) in [6.45, 7) is 13.3. The molecule has 0 rings (SSSR count). The second kappa shape index (κ2) is 15.0. The molecule has 5 nitrogen and oxygen atoms in total. The minimum absolute atomic E-state index is 0.126. The number of nitrogens with zero attached hydrogens (tertiary/aromatic N) is 1. The average molecular weight is 385 g/mol. The van der Waals surface area contributed by atoms with Crippen LogP contribution in [0, 0.1) is 0 Å². The fourth-order valence-corrected chi connectivity index (χ4v) is 5.02. The van der Waals surface area contributed by atoms with Crippen molar-refractivity contribution in [2.45, 2.75) is 53.6 Å². The molecule has 0 aromatic rings. The van der Waals surface area contributed by atoms with E-state index in [4.69, 9.17) is 14.0 Å². The van der Waals surface area contributed by atoms with Crippen LogP contribution >= 0.6 is 28.6 Å². The standard InChI is InChI=1S/C15H33NO4P2S/c1-7-22(8-2)9-15(17)23-12-19-10-18-11-20-21-16(13(3)4)14(5)6/h13-14,21H,7-12H2,1-6H3. The fraction of sp³-hybridized carbons (Fsp3) is 0.933. The lowest BCUT2D eigenvalue weighted by molar-refractivity contribution is -0.109. The molecule has 0 aromatic carbocycles. The summed E-state index contributed by atoms with van der Waals surface area (Å²) < 4.78 is 18.3. The van der Waals surface area contributed by atoms with Crippen LogP contribution in [0.2, 0.25) is 0 Å². The highest BCUT2D eigenvalue weighted by atomic mass is 32.2. The molecule has 138 valence electrons. The third-order valence-electron chi connectivity index (χ3n) is 3.14. The van der Waals surface area contributed by atoms with Crippen molar-refractivity contribution in [1.82, 2.24) is 4.67 Å². The molecule has 0 radical (unpaired) electrons. The maximum atomic E-state index is 11.7. The zero-order valence-corrected chi connectivity index (χ0v) is 18.0. The van der Waals surface area contributed by atoms with Gasteiger partial charge in [-0.15, -0.1) is 0 Å². The van der Waals surface area contributed by atoms with Crippen LogP contribution in [0.1, 0.15) is 41.5 Å². The van der Waals surface area contributed by atoms with Gasteiger partial charge in [0, 0.05) is 18.2 Å². The van der Waals surface area contributed by atoms with E-state index in [1.54, 1.807) is 0 Å². The largest absolute Gasteiger partial charge is 0.344 e. The van der Waals surface area contributed by atoms with Crippen molar-refractivity contribution in [3.63, 3.8) is 0 Å². The van der Waals surface area contributed by atoms with Gasteiger partial charge in [0.25, 0.3) is 0 Å². The summed E-state index contributed by atoms with van der Waals surface area (Å²) in [6, 6.07) is 0.896. The molecule has 0 spiro atoms. The first-order valence-corrected chi connectivity index (χ1v) is 11.8. The molecule has 0 aliphatic rings.